The van der Waals surface area contributed by atoms with Crippen LogP contribution in [0.4, 0.5) is 5.69 Å². The summed E-state index contributed by atoms with van der Waals surface area (Å²) >= 11 is 0. The molecule has 5 rings (SSSR count). The zero-order valence-electron chi connectivity index (χ0n) is 16.1. The molecule has 0 spiro atoms. The fourth-order valence-corrected chi connectivity index (χ4v) is 5.33. The molecule has 1 aliphatic carbocycles. The van der Waals surface area contributed by atoms with Crippen molar-refractivity contribution in [3.63, 3.8) is 0 Å². The highest BCUT2D eigenvalue weighted by molar-refractivity contribution is 7.90. The summed E-state index contributed by atoms with van der Waals surface area (Å²) in [4.78, 5) is 13.1. The van der Waals surface area contributed by atoms with Crippen LogP contribution in [0.1, 0.15) is 52.9 Å². The number of ether oxygens (including phenoxy) is 2. The molecule has 0 fully saturated rings. The van der Waals surface area contributed by atoms with E-state index in [0.29, 0.717) is 26.2 Å². The van der Waals surface area contributed by atoms with Gasteiger partial charge in [-0.25, -0.2) is 18.8 Å². The van der Waals surface area contributed by atoms with E-state index in [1.54, 1.807) is 0 Å². The Kier molecular flexibility index (Phi) is 4.11. The predicted molar refractivity (Wildman–Crippen MR) is 106 cm³/mol. The van der Waals surface area contributed by atoms with Crippen molar-refractivity contribution in [2.75, 3.05) is 18.5 Å². The Labute approximate surface area is 168 Å². The molecule has 0 bridgehead atoms. The van der Waals surface area contributed by atoms with E-state index in [2.05, 4.69) is 23.4 Å². The number of aromatic nitrogens is 2. The number of amides is 1. The summed E-state index contributed by atoms with van der Waals surface area (Å²) in [5.74, 6) is 0.588. The number of fused-ring (bicyclic) bond motifs is 3. The quantitative estimate of drug-likeness (QED) is 0.704. The molecule has 3 heterocycles. The molecule has 29 heavy (non-hydrogen) atoms. The minimum Gasteiger partial charge on any atom is -0.493 e. The van der Waals surface area contributed by atoms with E-state index in [0.717, 1.165) is 41.8 Å². The van der Waals surface area contributed by atoms with Crippen LogP contribution in [0.5, 0.6) is 11.6 Å². The maximum absolute atomic E-state index is 13.3. The molecule has 0 saturated heterocycles. The SMILES string of the molecule is C[C@H]1COc2cc3c(c(NC(=O)c4nn5c(c4S(=N)(N)=O)OCCC5)c21)CCC3. The third-order valence-corrected chi connectivity index (χ3v) is 6.73. The van der Waals surface area contributed by atoms with Crippen molar-refractivity contribution in [3.8, 4) is 11.6 Å². The van der Waals surface area contributed by atoms with E-state index in [9.17, 15) is 9.00 Å². The van der Waals surface area contributed by atoms with Crippen molar-refractivity contribution < 1.29 is 18.5 Å². The Morgan fingerprint density at radius 2 is 2.21 bits per heavy atom. The van der Waals surface area contributed by atoms with Crippen LogP contribution < -0.4 is 19.9 Å². The van der Waals surface area contributed by atoms with Crippen LogP contribution >= 0.6 is 0 Å². The number of nitrogens with two attached hydrogens (primary N) is 1. The molecule has 3 aliphatic rings. The molecule has 4 N–H and O–H groups in total. The molecular formula is C19H23N5O4S. The number of carbonyl (C=O) groups excluding carboxylic acids is 1. The lowest BCUT2D eigenvalue weighted by atomic mass is 9.95. The molecule has 1 unspecified atom stereocenters. The molecule has 9 nitrogen and oxygen atoms in total. The second kappa shape index (κ2) is 6.46. The number of rotatable bonds is 3. The first kappa shape index (κ1) is 18.4. The monoisotopic (exact) mass is 417 g/mol. The van der Waals surface area contributed by atoms with Gasteiger partial charge in [0.2, 0.25) is 5.88 Å². The summed E-state index contributed by atoms with van der Waals surface area (Å²) in [7, 11) is -3.70. The van der Waals surface area contributed by atoms with Gasteiger partial charge in [0, 0.05) is 24.4 Å². The second-order valence-electron chi connectivity index (χ2n) is 7.83. The molecule has 1 amide bonds. The Morgan fingerprint density at radius 1 is 1.38 bits per heavy atom. The number of nitrogens with zero attached hydrogens (tertiary/aromatic N) is 2. The fourth-order valence-electron chi connectivity index (χ4n) is 4.48. The Morgan fingerprint density at radius 3 is 3.00 bits per heavy atom. The topological polar surface area (TPSA) is 132 Å². The second-order valence-corrected chi connectivity index (χ2v) is 9.44. The van der Waals surface area contributed by atoms with Crippen molar-refractivity contribution in [2.24, 2.45) is 5.14 Å². The number of nitrogens with one attached hydrogen (secondary N) is 2. The number of hydrogen-bond acceptors (Lipinski definition) is 6. The highest BCUT2D eigenvalue weighted by Gasteiger charge is 2.34. The number of benzene rings is 1. The maximum atomic E-state index is 13.3. The van der Waals surface area contributed by atoms with Gasteiger partial charge in [-0.05, 0) is 36.5 Å². The molecule has 0 saturated carbocycles. The van der Waals surface area contributed by atoms with Gasteiger partial charge in [-0.15, -0.1) is 0 Å². The van der Waals surface area contributed by atoms with Gasteiger partial charge in [-0.2, -0.15) is 5.10 Å². The van der Waals surface area contributed by atoms with E-state index in [-0.39, 0.29) is 22.4 Å². The zero-order valence-corrected chi connectivity index (χ0v) is 16.9. The van der Waals surface area contributed by atoms with Gasteiger partial charge in [-0.3, -0.25) is 4.79 Å². The summed E-state index contributed by atoms with van der Waals surface area (Å²) in [6.07, 6.45) is 3.57. The lowest BCUT2D eigenvalue weighted by molar-refractivity contribution is 0.101. The third kappa shape index (κ3) is 2.89. The Bertz CT molecular complexity index is 1140. The first-order valence-electron chi connectivity index (χ1n) is 9.77. The molecule has 1 aromatic heterocycles. The van der Waals surface area contributed by atoms with Crippen LogP contribution in [0, 0.1) is 4.78 Å². The molecule has 2 atom stereocenters. The molecular weight excluding hydrogens is 394 g/mol. The molecule has 2 aromatic rings. The van der Waals surface area contributed by atoms with Gasteiger partial charge in [-0.1, -0.05) is 6.92 Å². The Hall–Kier alpha value is -2.59. The van der Waals surface area contributed by atoms with Crippen LogP contribution in [0.25, 0.3) is 0 Å². The summed E-state index contributed by atoms with van der Waals surface area (Å²) in [5, 5.41) is 12.9. The van der Waals surface area contributed by atoms with Crippen LogP contribution in [-0.2, 0) is 29.3 Å². The highest BCUT2D eigenvalue weighted by atomic mass is 32.2. The standard InChI is InChI=1S/C19H23N5O4S/c1-10-9-28-13-8-11-4-2-5-12(11)15(14(10)13)22-18(25)16-17(29(20,21)26)19-24(23-16)6-3-7-27-19/h8,10H,2-7,9H2,1H3,(H,22,25)(H3,20,21,26)/t10-/m0/s1. The first-order valence-corrected chi connectivity index (χ1v) is 11.4. The molecule has 0 radical (unpaired) electrons. The van der Waals surface area contributed by atoms with Gasteiger partial charge in [0.15, 0.2) is 10.6 Å². The van der Waals surface area contributed by atoms with E-state index in [1.807, 2.05) is 0 Å². The van der Waals surface area contributed by atoms with Crippen LogP contribution in [0.15, 0.2) is 11.0 Å². The smallest absolute Gasteiger partial charge is 0.277 e. The van der Waals surface area contributed by atoms with E-state index in [4.69, 9.17) is 19.4 Å². The molecule has 154 valence electrons. The average molecular weight is 417 g/mol. The van der Waals surface area contributed by atoms with Crippen molar-refractivity contribution in [1.29, 1.82) is 4.78 Å². The summed E-state index contributed by atoms with van der Waals surface area (Å²) in [5.41, 5.74) is 3.94. The normalized spacial score (nSPS) is 21.4. The van der Waals surface area contributed by atoms with Crippen molar-refractivity contribution in [3.05, 3.63) is 28.5 Å². The van der Waals surface area contributed by atoms with Crippen LogP contribution in [0.2, 0.25) is 0 Å². The van der Waals surface area contributed by atoms with E-state index in [1.165, 1.54) is 10.2 Å². The number of carbonyl (C=O) groups is 1. The minimum atomic E-state index is -3.70. The van der Waals surface area contributed by atoms with Gasteiger partial charge in [0.05, 0.1) is 18.9 Å². The predicted octanol–water partition coefficient (Wildman–Crippen LogP) is 2.18. The zero-order chi connectivity index (χ0) is 20.3. The first-order chi connectivity index (χ1) is 13.8. The van der Waals surface area contributed by atoms with Gasteiger partial charge < -0.3 is 14.8 Å². The molecule has 10 heteroatoms. The summed E-state index contributed by atoms with van der Waals surface area (Å²) in [6, 6.07) is 2.09. The lowest BCUT2D eigenvalue weighted by Crippen LogP contribution is -2.21. The molecule has 1 aromatic carbocycles. The van der Waals surface area contributed by atoms with Crippen molar-refractivity contribution in [1.82, 2.24) is 9.78 Å². The van der Waals surface area contributed by atoms with Crippen molar-refractivity contribution >= 4 is 21.5 Å². The maximum Gasteiger partial charge on any atom is 0.277 e. The number of aryl methyl sites for hydroxylation is 2. The average Bonchev–Trinajstić information content (AvgIpc) is 3.37. The highest BCUT2D eigenvalue weighted by Crippen LogP contribution is 2.45. The Balaban J connectivity index is 1.61. The van der Waals surface area contributed by atoms with E-state index >= 15 is 0 Å². The third-order valence-electron chi connectivity index (χ3n) is 5.76. The number of anilines is 1. The lowest BCUT2D eigenvalue weighted by Gasteiger charge is -2.16. The van der Waals surface area contributed by atoms with Crippen LogP contribution in [-0.4, -0.2) is 33.1 Å². The summed E-state index contributed by atoms with van der Waals surface area (Å²) < 4.78 is 33.2. The van der Waals surface area contributed by atoms with Crippen molar-refractivity contribution in [2.45, 2.75) is 50.0 Å². The van der Waals surface area contributed by atoms with Crippen LogP contribution in [0.3, 0.4) is 0 Å². The number of hydrogen-bond donors (Lipinski definition) is 3. The van der Waals surface area contributed by atoms with Gasteiger partial charge in [0.25, 0.3) is 5.91 Å². The largest absolute Gasteiger partial charge is 0.493 e. The van der Waals surface area contributed by atoms with Gasteiger partial charge in [0.1, 0.15) is 15.7 Å². The fraction of sp³-hybridized carbons (Fsp3) is 0.474. The molecule has 2 aliphatic heterocycles. The van der Waals surface area contributed by atoms with E-state index < -0.39 is 15.8 Å². The van der Waals surface area contributed by atoms with Gasteiger partial charge >= 0.3 is 0 Å². The minimum absolute atomic E-state index is 0.111. The summed E-state index contributed by atoms with van der Waals surface area (Å²) in [6.45, 7) is 3.56.